The van der Waals surface area contributed by atoms with E-state index in [0.717, 1.165) is 48.2 Å². The monoisotopic (exact) mass is 416 g/mol. The van der Waals surface area contributed by atoms with Crippen LogP contribution in [0.5, 0.6) is 5.75 Å². The molecule has 2 amide bonds. The van der Waals surface area contributed by atoms with Crippen LogP contribution in [-0.2, 0) is 4.79 Å². The molecule has 31 heavy (non-hydrogen) atoms. The van der Waals surface area contributed by atoms with Crippen LogP contribution in [0.15, 0.2) is 48.5 Å². The third kappa shape index (κ3) is 3.79. The van der Waals surface area contributed by atoms with E-state index in [-0.39, 0.29) is 24.5 Å². The van der Waals surface area contributed by atoms with Crippen LogP contribution in [0.1, 0.15) is 41.7 Å². The van der Waals surface area contributed by atoms with Crippen molar-refractivity contribution in [1.82, 2.24) is 10.3 Å². The van der Waals surface area contributed by atoms with E-state index in [4.69, 9.17) is 9.72 Å². The number of amides is 2. The standard InChI is InChI=1S/C24H24N4O3/c1-15(16-8-9-21-20(13-16)26-22(29)14-31-21)25-24(30)18-12-17-6-2-3-7-19(17)27-23(18)28-10-4-5-11-28/h2-3,6-9,12-13,15H,4-5,10-11,14H2,1H3,(H,25,30)(H,26,29). The maximum atomic E-state index is 13.3. The Morgan fingerprint density at radius 3 is 2.81 bits per heavy atom. The first kappa shape index (κ1) is 19.4. The quantitative estimate of drug-likeness (QED) is 0.678. The van der Waals surface area contributed by atoms with E-state index in [1.54, 1.807) is 0 Å². The molecular formula is C24H24N4O3. The maximum absolute atomic E-state index is 13.3. The largest absolute Gasteiger partial charge is 0.482 e. The van der Waals surface area contributed by atoms with E-state index in [9.17, 15) is 9.59 Å². The Kier molecular flexibility index (Phi) is 4.94. The molecule has 0 aliphatic carbocycles. The van der Waals surface area contributed by atoms with Crippen molar-refractivity contribution in [2.75, 3.05) is 29.9 Å². The molecule has 0 radical (unpaired) electrons. The summed E-state index contributed by atoms with van der Waals surface area (Å²) in [7, 11) is 0. The van der Waals surface area contributed by atoms with Crippen molar-refractivity contribution in [3.63, 3.8) is 0 Å². The summed E-state index contributed by atoms with van der Waals surface area (Å²) in [5, 5.41) is 6.85. The number of hydrogen-bond acceptors (Lipinski definition) is 5. The minimum absolute atomic E-state index is 0.0207. The number of nitrogens with one attached hydrogen (secondary N) is 2. The Hall–Kier alpha value is -3.61. The molecule has 158 valence electrons. The molecule has 3 heterocycles. The van der Waals surface area contributed by atoms with Crippen LogP contribution < -0.4 is 20.3 Å². The Morgan fingerprint density at radius 2 is 1.97 bits per heavy atom. The fourth-order valence-electron chi connectivity index (χ4n) is 4.17. The number of anilines is 2. The average Bonchev–Trinajstić information content (AvgIpc) is 3.32. The van der Waals surface area contributed by atoms with Gasteiger partial charge >= 0.3 is 0 Å². The lowest BCUT2D eigenvalue weighted by Crippen LogP contribution is -2.30. The minimum atomic E-state index is -0.255. The molecule has 2 aliphatic heterocycles. The Balaban J connectivity index is 1.44. The molecule has 0 spiro atoms. The fraction of sp³-hybridized carbons (Fsp3) is 0.292. The summed E-state index contributed by atoms with van der Waals surface area (Å²) in [5.74, 6) is 1.04. The van der Waals surface area contributed by atoms with Crippen molar-refractivity contribution < 1.29 is 14.3 Å². The second-order valence-electron chi connectivity index (χ2n) is 8.03. The third-order valence-electron chi connectivity index (χ3n) is 5.84. The second kappa shape index (κ2) is 7.91. The number of carbonyl (C=O) groups is 2. The Morgan fingerprint density at radius 1 is 1.16 bits per heavy atom. The number of rotatable bonds is 4. The van der Waals surface area contributed by atoms with Crippen LogP contribution >= 0.6 is 0 Å². The molecule has 1 saturated heterocycles. The summed E-state index contributed by atoms with van der Waals surface area (Å²) >= 11 is 0. The number of pyridine rings is 1. The summed E-state index contributed by atoms with van der Waals surface area (Å²) in [6.07, 6.45) is 2.21. The van der Waals surface area contributed by atoms with Gasteiger partial charge in [0, 0.05) is 18.5 Å². The highest BCUT2D eigenvalue weighted by Gasteiger charge is 2.24. The normalized spacial score (nSPS) is 16.4. The molecule has 1 fully saturated rings. The number of fused-ring (bicyclic) bond motifs is 2. The van der Waals surface area contributed by atoms with Crippen molar-refractivity contribution in [2.45, 2.75) is 25.8 Å². The van der Waals surface area contributed by atoms with Crippen molar-refractivity contribution in [3.8, 4) is 5.75 Å². The van der Waals surface area contributed by atoms with Crippen molar-refractivity contribution in [3.05, 3.63) is 59.7 Å². The highest BCUT2D eigenvalue weighted by Crippen LogP contribution is 2.31. The van der Waals surface area contributed by atoms with Crippen LogP contribution in [0.3, 0.4) is 0 Å². The van der Waals surface area contributed by atoms with Gasteiger partial charge in [0.15, 0.2) is 6.61 Å². The number of para-hydroxylation sites is 1. The third-order valence-corrected chi connectivity index (χ3v) is 5.84. The number of ether oxygens (including phenoxy) is 1. The molecule has 2 aliphatic rings. The van der Waals surface area contributed by atoms with Gasteiger partial charge in [-0.05, 0) is 49.6 Å². The van der Waals surface area contributed by atoms with Gasteiger partial charge < -0.3 is 20.3 Å². The lowest BCUT2D eigenvalue weighted by atomic mass is 10.1. The maximum Gasteiger partial charge on any atom is 0.262 e. The summed E-state index contributed by atoms with van der Waals surface area (Å²) in [6.45, 7) is 3.76. The second-order valence-corrected chi connectivity index (χ2v) is 8.03. The minimum Gasteiger partial charge on any atom is -0.482 e. The van der Waals surface area contributed by atoms with Gasteiger partial charge in [0.1, 0.15) is 11.6 Å². The number of nitrogens with zero attached hydrogens (tertiary/aromatic N) is 2. The van der Waals surface area contributed by atoms with E-state index < -0.39 is 0 Å². The van der Waals surface area contributed by atoms with Crippen molar-refractivity contribution >= 4 is 34.2 Å². The molecule has 0 bridgehead atoms. The first-order valence-electron chi connectivity index (χ1n) is 10.6. The Labute approximate surface area is 180 Å². The number of carbonyl (C=O) groups excluding carboxylic acids is 2. The van der Waals surface area contributed by atoms with E-state index in [2.05, 4.69) is 15.5 Å². The summed E-state index contributed by atoms with van der Waals surface area (Å²) in [6, 6.07) is 15.1. The van der Waals surface area contributed by atoms with Gasteiger partial charge in [0.05, 0.1) is 22.8 Å². The SMILES string of the molecule is CC(NC(=O)c1cc2ccccc2nc1N1CCCC1)c1ccc2c(c1)NC(=O)CO2. The van der Waals surface area contributed by atoms with Crippen LogP contribution in [0.4, 0.5) is 11.5 Å². The van der Waals surface area contributed by atoms with Crippen LogP contribution in [0.2, 0.25) is 0 Å². The highest BCUT2D eigenvalue weighted by atomic mass is 16.5. The summed E-state index contributed by atoms with van der Waals surface area (Å²) < 4.78 is 5.42. The van der Waals surface area contributed by atoms with E-state index >= 15 is 0 Å². The molecule has 1 unspecified atom stereocenters. The van der Waals surface area contributed by atoms with Gasteiger partial charge in [-0.15, -0.1) is 0 Å². The summed E-state index contributed by atoms with van der Waals surface area (Å²) in [5.41, 5.74) is 2.98. The van der Waals surface area contributed by atoms with E-state index in [0.29, 0.717) is 17.0 Å². The smallest absolute Gasteiger partial charge is 0.262 e. The first-order valence-corrected chi connectivity index (χ1v) is 10.6. The average molecular weight is 416 g/mol. The highest BCUT2D eigenvalue weighted by molar-refractivity contribution is 6.02. The number of hydrogen-bond donors (Lipinski definition) is 2. The molecule has 1 atom stereocenters. The molecule has 7 nitrogen and oxygen atoms in total. The van der Waals surface area contributed by atoms with E-state index in [1.165, 1.54) is 0 Å². The molecule has 2 aromatic carbocycles. The lowest BCUT2D eigenvalue weighted by Gasteiger charge is -2.23. The van der Waals surface area contributed by atoms with E-state index in [1.807, 2.05) is 55.5 Å². The predicted molar refractivity (Wildman–Crippen MR) is 120 cm³/mol. The zero-order chi connectivity index (χ0) is 21.4. The van der Waals surface area contributed by atoms with Crippen LogP contribution in [0.25, 0.3) is 10.9 Å². The zero-order valence-electron chi connectivity index (χ0n) is 17.4. The number of aromatic nitrogens is 1. The first-order chi connectivity index (χ1) is 15.1. The van der Waals surface area contributed by atoms with Gasteiger partial charge in [-0.1, -0.05) is 24.3 Å². The molecule has 5 rings (SSSR count). The topological polar surface area (TPSA) is 83.6 Å². The van der Waals surface area contributed by atoms with Gasteiger partial charge in [0.2, 0.25) is 0 Å². The molecule has 0 saturated carbocycles. The van der Waals surface area contributed by atoms with Gasteiger partial charge in [-0.25, -0.2) is 4.98 Å². The Bertz CT molecular complexity index is 1170. The molecular weight excluding hydrogens is 392 g/mol. The zero-order valence-corrected chi connectivity index (χ0v) is 17.4. The number of benzene rings is 2. The molecule has 7 heteroatoms. The fourth-order valence-corrected chi connectivity index (χ4v) is 4.17. The van der Waals surface area contributed by atoms with Gasteiger partial charge in [-0.3, -0.25) is 9.59 Å². The molecule has 2 N–H and O–H groups in total. The van der Waals surface area contributed by atoms with Gasteiger partial charge in [0.25, 0.3) is 11.8 Å². The lowest BCUT2D eigenvalue weighted by molar-refractivity contribution is -0.118. The molecule has 3 aromatic rings. The van der Waals surface area contributed by atoms with Gasteiger partial charge in [-0.2, -0.15) is 0 Å². The van der Waals surface area contributed by atoms with Crippen LogP contribution in [-0.4, -0.2) is 36.5 Å². The van der Waals surface area contributed by atoms with Crippen molar-refractivity contribution in [2.24, 2.45) is 0 Å². The predicted octanol–water partition coefficient (Wildman–Crippen LogP) is 3.66. The molecule has 1 aromatic heterocycles. The summed E-state index contributed by atoms with van der Waals surface area (Å²) in [4.78, 5) is 32.0. The van der Waals surface area contributed by atoms with Crippen LogP contribution in [0, 0.1) is 0 Å². The van der Waals surface area contributed by atoms with Crippen molar-refractivity contribution in [1.29, 1.82) is 0 Å².